The summed E-state index contributed by atoms with van der Waals surface area (Å²) in [5.74, 6) is -1.48. The van der Waals surface area contributed by atoms with Crippen LogP contribution in [0.25, 0.3) is 0 Å². The molecule has 4 heteroatoms. The molecular formula is C21H44NO3+. The van der Waals surface area contributed by atoms with Gasteiger partial charge in [-0.05, 0) is 6.42 Å². The van der Waals surface area contributed by atoms with E-state index in [1.807, 2.05) is 21.1 Å². The van der Waals surface area contributed by atoms with Gasteiger partial charge in [0.1, 0.15) is 12.6 Å². The van der Waals surface area contributed by atoms with Crippen LogP contribution < -0.4 is 0 Å². The molecule has 4 nitrogen and oxygen atoms in total. The van der Waals surface area contributed by atoms with Crippen LogP contribution in [0.15, 0.2) is 0 Å². The second-order valence-electron chi connectivity index (χ2n) is 8.66. The fraction of sp³-hybridized carbons (Fsp3) is 0.952. The fourth-order valence-electron chi connectivity index (χ4n) is 3.37. The lowest BCUT2D eigenvalue weighted by molar-refractivity contribution is -0.874. The van der Waals surface area contributed by atoms with Crippen LogP contribution >= 0.6 is 0 Å². The highest BCUT2D eigenvalue weighted by Gasteiger charge is 2.30. The molecule has 150 valence electrons. The average molecular weight is 359 g/mol. The van der Waals surface area contributed by atoms with Crippen molar-refractivity contribution in [3.8, 4) is 0 Å². The molecule has 0 rings (SSSR count). The van der Waals surface area contributed by atoms with Crippen molar-refractivity contribution in [2.24, 2.45) is 5.92 Å². The maximum Gasteiger partial charge on any atom is 0.309 e. The lowest BCUT2D eigenvalue weighted by Crippen LogP contribution is -2.45. The van der Waals surface area contributed by atoms with Crippen LogP contribution in [0.4, 0.5) is 0 Å². The monoisotopic (exact) mass is 358 g/mol. The Morgan fingerprint density at radius 2 is 1.20 bits per heavy atom. The van der Waals surface area contributed by atoms with Crippen LogP contribution in [0.5, 0.6) is 0 Å². The second-order valence-corrected chi connectivity index (χ2v) is 8.66. The van der Waals surface area contributed by atoms with E-state index in [0.29, 0.717) is 17.4 Å². The molecule has 0 fully saturated rings. The number of carbonyl (C=O) groups is 1. The second kappa shape index (κ2) is 14.5. The zero-order valence-corrected chi connectivity index (χ0v) is 17.3. The Balaban J connectivity index is 3.65. The molecule has 0 amide bonds. The van der Waals surface area contributed by atoms with Crippen molar-refractivity contribution in [1.82, 2.24) is 0 Å². The molecule has 2 N–H and O–H groups in total. The van der Waals surface area contributed by atoms with Crippen LogP contribution in [-0.2, 0) is 4.79 Å². The van der Waals surface area contributed by atoms with E-state index in [1.165, 1.54) is 64.2 Å². The van der Waals surface area contributed by atoms with Crippen molar-refractivity contribution in [1.29, 1.82) is 0 Å². The molecular weight excluding hydrogens is 314 g/mol. The van der Waals surface area contributed by atoms with E-state index in [9.17, 15) is 15.0 Å². The summed E-state index contributed by atoms with van der Waals surface area (Å²) < 4.78 is 0.587. The summed E-state index contributed by atoms with van der Waals surface area (Å²) in [5.41, 5.74) is 0. The van der Waals surface area contributed by atoms with Crippen LogP contribution in [0.2, 0.25) is 0 Å². The van der Waals surface area contributed by atoms with E-state index in [1.54, 1.807) is 0 Å². The van der Waals surface area contributed by atoms with Crippen molar-refractivity contribution >= 4 is 5.97 Å². The molecule has 0 radical (unpaired) electrons. The van der Waals surface area contributed by atoms with Gasteiger partial charge >= 0.3 is 5.97 Å². The van der Waals surface area contributed by atoms with E-state index < -0.39 is 18.0 Å². The standard InChI is InChI=1S/C21H43NO3/c1-5-6-7-8-9-10-11-12-13-14-15-16-17-19(21(24)25)20(23)18-22(2,3)4/h19-20,23H,5-18H2,1-4H3/p+1. The molecule has 0 saturated carbocycles. The molecule has 0 aromatic heterocycles. The molecule has 25 heavy (non-hydrogen) atoms. The molecule has 0 bridgehead atoms. The molecule has 0 aliphatic rings. The number of carboxylic acid groups (broad SMARTS) is 1. The number of aliphatic carboxylic acids is 1. The van der Waals surface area contributed by atoms with Gasteiger partial charge in [-0.1, -0.05) is 84.0 Å². The maximum absolute atomic E-state index is 11.4. The third-order valence-electron chi connectivity index (χ3n) is 4.89. The van der Waals surface area contributed by atoms with Gasteiger partial charge in [0.15, 0.2) is 0 Å². The Morgan fingerprint density at radius 1 is 0.800 bits per heavy atom. The first-order chi connectivity index (χ1) is 11.8. The number of hydrogen-bond donors (Lipinski definition) is 2. The van der Waals surface area contributed by atoms with Gasteiger partial charge in [0.05, 0.1) is 27.1 Å². The number of carboxylic acids is 1. The van der Waals surface area contributed by atoms with Gasteiger partial charge in [-0.2, -0.15) is 0 Å². The average Bonchev–Trinajstić information content (AvgIpc) is 2.49. The number of likely N-dealkylation sites (N-methyl/N-ethyl adjacent to an activating group) is 1. The number of aliphatic hydroxyl groups excluding tert-OH is 1. The first-order valence-electron chi connectivity index (χ1n) is 10.5. The molecule has 0 aliphatic carbocycles. The van der Waals surface area contributed by atoms with E-state index in [2.05, 4.69) is 6.92 Å². The zero-order valence-electron chi connectivity index (χ0n) is 17.3. The minimum Gasteiger partial charge on any atom is -0.481 e. The third kappa shape index (κ3) is 15.4. The van der Waals surface area contributed by atoms with Crippen molar-refractivity contribution < 1.29 is 19.5 Å². The Morgan fingerprint density at radius 3 is 1.56 bits per heavy atom. The Hall–Kier alpha value is -0.610. The van der Waals surface area contributed by atoms with Gasteiger partial charge in [0.2, 0.25) is 0 Å². The summed E-state index contributed by atoms with van der Waals surface area (Å²) in [6, 6.07) is 0. The van der Waals surface area contributed by atoms with E-state index in [-0.39, 0.29) is 0 Å². The molecule has 0 spiro atoms. The summed E-state index contributed by atoms with van der Waals surface area (Å²) in [7, 11) is 5.93. The highest BCUT2D eigenvalue weighted by atomic mass is 16.4. The topological polar surface area (TPSA) is 57.5 Å². The van der Waals surface area contributed by atoms with Gasteiger partial charge in [0, 0.05) is 0 Å². The first kappa shape index (κ1) is 24.4. The minimum atomic E-state index is -0.857. The highest BCUT2D eigenvalue weighted by Crippen LogP contribution is 2.18. The quantitative estimate of drug-likeness (QED) is 0.289. The van der Waals surface area contributed by atoms with E-state index >= 15 is 0 Å². The van der Waals surface area contributed by atoms with Gasteiger partial charge in [0.25, 0.3) is 0 Å². The molecule has 2 atom stereocenters. The van der Waals surface area contributed by atoms with Gasteiger partial charge < -0.3 is 14.7 Å². The van der Waals surface area contributed by atoms with Gasteiger partial charge in [-0.25, -0.2) is 0 Å². The van der Waals surface area contributed by atoms with Crippen LogP contribution in [0.1, 0.15) is 90.4 Å². The van der Waals surface area contributed by atoms with Gasteiger partial charge in [-0.3, -0.25) is 4.79 Å². The number of unbranched alkanes of at least 4 members (excludes halogenated alkanes) is 11. The van der Waals surface area contributed by atoms with E-state index in [0.717, 1.165) is 12.8 Å². The predicted octanol–water partition coefficient (Wildman–Crippen LogP) is 4.85. The molecule has 0 aliphatic heterocycles. The smallest absolute Gasteiger partial charge is 0.309 e. The maximum atomic E-state index is 11.4. The van der Waals surface area contributed by atoms with Crippen LogP contribution in [0.3, 0.4) is 0 Å². The largest absolute Gasteiger partial charge is 0.481 e. The highest BCUT2D eigenvalue weighted by molar-refractivity contribution is 5.70. The Labute approximate surface area is 156 Å². The fourth-order valence-corrected chi connectivity index (χ4v) is 3.37. The summed E-state index contributed by atoms with van der Waals surface area (Å²) in [6.07, 6.45) is 15.1. The zero-order chi connectivity index (χ0) is 19.1. The first-order valence-corrected chi connectivity index (χ1v) is 10.5. The van der Waals surface area contributed by atoms with Crippen molar-refractivity contribution in [3.05, 3.63) is 0 Å². The normalized spacial score (nSPS) is 14.4. The molecule has 0 aromatic rings. The lowest BCUT2D eigenvalue weighted by atomic mass is 9.94. The Kier molecular flexibility index (Phi) is 14.2. The summed E-state index contributed by atoms with van der Waals surface area (Å²) in [5, 5.41) is 19.5. The molecule has 0 heterocycles. The number of nitrogens with zero attached hydrogens (tertiary/aromatic N) is 1. The van der Waals surface area contributed by atoms with Crippen molar-refractivity contribution in [2.45, 2.75) is 96.5 Å². The van der Waals surface area contributed by atoms with Crippen LogP contribution in [0, 0.1) is 5.92 Å². The van der Waals surface area contributed by atoms with E-state index in [4.69, 9.17) is 0 Å². The third-order valence-corrected chi connectivity index (χ3v) is 4.89. The molecule has 0 aromatic carbocycles. The molecule has 2 unspecified atom stereocenters. The number of quaternary nitrogens is 1. The molecule has 0 saturated heterocycles. The Bertz CT molecular complexity index is 326. The van der Waals surface area contributed by atoms with Crippen molar-refractivity contribution in [3.63, 3.8) is 0 Å². The number of rotatable bonds is 17. The predicted molar refractivity (Wildman–Crippen MR) is 106 cm³/mol. The summed E-state index contributed by atoms with van der Waals surface area (Å²) in [4.78, 5) is 11.4. The lowest BCUT2D eigenvalue weighted by Gasteiger charge is -2.29. The van der Waals surface area contributed by atoms with Crippen molar-refractivity contribution in [2.75, 3.05) is 27.7 Å². The summed E-state index contributed by atoms with van der Waals surface area (Å²) >= 11 is 0. The number of aliphatic hydroxyl groups is 1. The number of hydrogen-bond acceptors (Lipinski definition) is 2. The van der Waals surface area contributed by atoms with Crippen LogP contribution in [-0.4, -0.2) is 54.5 Å². The minimum absolute atomic E-state index is 0.481. The van der Waals surface area contributed by atoms with Gasteiger partial charge in [-0.15, -0.1) is 0 Å². The summed E-state index contributed by atoms with van der Waals surface area (Å²) in [6.45, 7) is 2.73. The SMILES string of the molecule is CCCCCCCCCCCCCCC(C(=O)O)C(O)C[N+](C)(C)C.